The van der Waals surface area contributed by atoms with Crippen molar-refractivity contribution in [1.29, 1.82) is 0 Å². The maximum Gasteiger partial charge on any atom is 0.220 e. The summed E-state index contributed by atoms with van der Waals surface area (Å²) in [4.78, 5) is 11.5. The molecule has 0 spiro atoms. The second-order valence-corrected chi connectivity index (χ2v) is 5.64. The molecule has 0 unspecified atom stereocenters. The minimum absolute atomic E-state index is 0.0295. The molecule has 0 saturated carbocycles. The molecule has 3 rings (SSSR count). The number of nitrogens with one attached hydrogen (secondary N) is 1. The molecule has 2 aliphatic heterocycles. The summed E-state index contributed by atoms with van der Waals surface area (Å²) in [6, 6.07) is 4.81. The van der Waals surface area contributed by atoms with Crippen molar-refractivity contribution in [2.24, 2.45) is 0 Å². The molecule has 1 amide bonds. The SMILES string of the molecule is O=C1CC[C@](CC2OCCO2)(c2ccc(O)c(O)c2)CN1. The third-order valence-corrected chi connectivity index (χ3v) is 4.29. The van der Waals surface area contributed by atoms with Crippen LogP contribution in [0.3, 0.4) is 0 Å². The Balaban J connectivity index is 1.90. The van der Waals surface area contributed by atoms with Gasteiger partial charge in [-0.1, -0.05) is 6.07 Å². The number of phenols is 2. The molecule has 21 heavy (non-hydrogen) atoms. The molecule has 1 aromatic rings. The number of amides is 1. The predicted octanol–water partition coefficient (Wildman–Crippen LogP) is 1.01. The van der Waals surface area contributed by atoms with Crippen molar-refractivity contribution >= 4 is 5.91 Å². The lowest BCUT2D eigenvalue weighted by molar-refractivity contribution is -0.124. The maximum atomic E-state index is 11.5. The van der Waals surface area contributed by atoms with Crippen molar-refractivity contribution in [3.63, 3.8) is 0 Å². The zero-order valence-corrected chi connectivity index (χ0v) is 11.7. The van der Waals surface area contributed by atoms with Gasteiger partial charge in [0.25, 0.3) is 0 Å². The van der Waals surface area contributed by atoms with E-state index in [1.165, 1.54) is 6.07 Å². The summed E-state index contributed by atoms with van der Waals surface area (Å²) in [6.45, 7) is 1.63. The van der Waals surface area contributed by atoms with E-state index >= 15 is 0 Å². The van der Waals surface area contributed by atoms with Crippen molar-refractivity contribution in [3.05, 3.63) is 23.8 Å². The first-order chi connectivity index (χ1) is 10.1. The van der Waals surface area contributed by atoms with Crippen LogP contribution in [0.15, 0.2) is 18.2 Å². The van der Waals surface area contributed by atoms with Crippen molar-refractivity contribution in [1.82, 2.24) is 5.32 Å². The molecule has 6 heteroatoms. The zero-order valence-electron chi connectivity index (χ0n) is 11.7. The van der Waals surface area contributed by atoms with E-state index in [0.29, 0.717) is 39.0 Å². The van der Waals surface area contributed by atoms with Crippen molar-refractivity contribution in [2.45, 2.75) is 31.0 Å². The van der Waals surface area contributed by atoms with Gasteiger partial charge in [-0.3, -0.25) is 4.79 Å². The molecule has 0 radical (unpaired) electrons. The number of phenolic OH excluding ortho intramolecular Hbond substituents is 2. The molecule has 0 aliphatic carbocycles. The zero-order chi connectivity index (χ0) is 14.9. The standard InChI is InChI=1S/C15H19NO5/c17-11-2-1-10(7-12(11)18)15(4-3-13(19)16-9-15)8-14-20-5-6-21-14/h1-2,7,14,17-18H,3-6,8-9H2,(H,16,19)/t15-/m1/s1. The number of piperidine rings is 1. The number of benzene rings is 1. The van der Waals surface area contributed by atoms with Gasteiger partial charge in [0.15, 0.2) is 17.8 Å². The monoisotopic (exact) mass is 293 g/mol. The summed E-state index contributed by atoms with van der Waals surface area (Å²) in [5, 5.41) is 22.1. The van der Waals surface area contributed by atoms with Gasteiger partial charge < -0.3 is 25.0 Å². The summed E-state index contributed by atoms with van der Waals surface area (Å²) >= 11 is 0. The van der Waals surface area contributed by atoms with E-state index < -0.39 is 0 Å². The summed E-state index contributed by atoms with van der Waals surface area (Å²) in [7, 11) is 0. The fraction of sp³-hybridized carbons (Fsp3) is 0.533. The molecule has 3 N–H and O–H groups in total. The van der Waals surface area contributed by atoms with Gasteiger partial charge in [0, 0.05) is 24.8 Å². The molecule has 0 aromatic heterocycles. The minimum Gasteiger partial charge on any atom is -0.504 e. The summed E-state index contributed by atoms with van der Waals surface area (Å²) in [6.07, 6.45) is 1.40. The molecule has 114 valence electrons. The molecule has 1 aromatic carbocycles. The fourth-order valence-corrected chi connectivity index (χ4v) is 3.03. The van der Waals surface area contributed by atoms with Crippen LogP contribution in [0.5, 0.6) is 11.5 Å². The number of carbonyl (C=O) groups is 1. The lowest BCUT2D eigenvalue weighted by Crippen LogP contribution is -2.48. The highest BCUT2D eigenvalue weighted by atomic mass is 16.7. The minimum atomic E-state index is -0.353. The molecular formula is C15H19NO5. The summed E-state index contributed by atoms with van der Waals surface area (Å²) in [5.74, 6) is -0.277. The number of carbonyl (C=O) groups excluding carboxylic acids is 1. The number of rotatable bonds is 3. The van der Waals surface area contributed by atoms with Crippen molar-refractivity contribution in [2.75, 3.05) is 19.8 Å². The highest BCUT2D eigenvalue weighted by Gasteiger charge is 2.40. The molecule has 1 atom stereocenters. The van der Waals surface area contributed by atoms with Crippen LogP contribution in [0.1, 0.15) is 24.8 Å². The Hall–Kier alpha value is -1.79. The first-order valence-electron chi connectivity index (χ1n) is 7.11. The van der Waals surface area contributed by atoms with Crippen molar-refractivity contribution < 1.29 is 24.5 Å². The van der Waals surface area contributed by atoms with E-state index in [1.807, 2.05) is 0 Å². The average molecular weight is 293 g/mol. The smallest absolute Gasteiger partial charge is 0.220 e. The van der Waals surface area contributed by atoms with E-state index in [0.717, 1.165) is 5.56 Å². The first kappa shape index (κ1) is 14.2. The van der Waals surface area contributed by atoms with Crippen LogP contribution in [0.4, 0.5) is 0 Å². The van der Waals surface area contributed by atoms with E-state index in [-0.39, 0.29) is 29.1 Å². The molecule has 2 heterocycles. The Morgan fingerprint density at radius 1 is 1.24 bits per heavy atom. The number of aromatic hydroxyl groups is 2. The van der Waals surface area contributed by atoms with Gasteiger partial charge >= 0.3 is 0 Å². The Labute approximate surface area is 122 Å². The predicted molar refractivity (Wildman–Crippen MR) is 74.0 cm³/mol. The van der Waals surface area contributed by atoms with Crippen LogP contribution in [-0.2, 0) is 19.7 Å². The number of hydrogen-bond donors (Lipinski definition) is 3. The van der Waals surface area contributed by atoms with Crippen LogP contribution in [0, 0.1) is 0 Å². The van der Waals surface area contributed by atoms with Gasteiger partial charge in [0.2, 0.25) is 5.91 Å². The molecule has 2 saturated heterocycles. The lowest BCUT2D eigenvalue weighted by Gasteiger charge is -2.39. The van der Waals surface area contributed by atoms with Gasteiger partial charge in [0.1, 0.15) is 0 Å². The van der Waals surface area contributed by atoms with Gasteiger partial charge in [0.05, 0.1) is 13.2 Å². The van der Waals surface area contributed by atoms with E-state index in [4.69, 9.17) is 9.47 Å². The van der Waals surface area contributed by atoms with Gasteiger partial charge in [-0.25, -0.2) is 0 Å². The van der Waals surface area contributed by atoms with Crippen LogP contribution >= 0.6 is 0 Å². The fourth-order valence-electron chi connectivity index (χ4n) is 3.03. The lowest BCUT2D eigenvalue weighted by atomic mass is 9.72. The van der Waals surface area contributed by atoms with E-state index in [1.54, 1.807) is 12.1 Å². The third kappa shape index (κ3) is 2.82. The molecular weight excluding hydrogens is 274 g/mol. The van der Waals surface area contributed by atoms with Crippen LogP contribution in [0.2, 0.25) is 0 Å². The highest BCUT2D eigenvalue weighted by Crippen LogP contribution is 2.40. The molecule has 0 bridgehead atoms. The second kappa shape index (κ2) is 5.54. The molecule has 6 nitrogen and oxygen atoms in total. The highest BCUT2D eigenvalue weighted by molar-refractivity contribution is 5.77. The van der Waals surface area contributed by atoms with Gasteiger partial charge in [-0.2, -0.15) is 0 Å². The topological polar surface area (TPSA) is 88.0 Å². The van der Waals surface area contributed by atoms with E-state index in [9.17, 15) is 15.0 Å². The Morgan fingerprint density at radius 2 is 2.00 bits per heavy atom. The third-order valence-electron chi connectivity index (χ3n) is 4.29. The van der Waals surface area contributed by atoms with Crippen molar-refractivity contribution in [3.8, 4) is 11.5 Å². The van der Waals surface area contributed by atoms with Crippen LogP contribution in [0.25, 0.3) is 0 Å². The first-order valence-corrected chi connectivity index (χ1v) is 7.11. The van der Waals surface area contributed by atoms with E-state index in [2.05, 4.69) is 5.32 Å². The molecule has 2 fully saturated rings. The Morgan fingerprint density at radius 3 is 2.62 bits per heavy atom. The average Bonchev–Trinajstić information content (AvgIpc) is 2.97. The number of hydrogen-bond acceptors (Lipinski definition) is 5. The van der Waals surface area contributed by atoms with Crippen LogP contribution < -0.4 is 5.32 Å². The Kier molecular flexibility index (Phi) is 3.73. The molecule has 2 aliphatic rings. The largest absolute Gasteiger partial charge is 0.504 e. The number of ether oxygens (including phenoxy) is 2. The quantitative estimate of drug-likeness (QED) is 0.724. The maximum absolute atomic E-state index is 11.5. The Bertz CT molecular complexity index is 529. The van der Waals surface area contributed by atoms with Gasteiger partial charge in [-0.15, -0.1) is 0 Å². The van der Waals surface area contributed by atoms with Crippen LogP contribution in [-0.4, -0.2) is 42.2 Å². The normalized spacial score (nSPS) is 26.8. The summed E-state index contributed by atoms with van der Waals surface area (Å²) in [5.41, 5.74) is 0.519. The second-order valence-electron chi connectivity index (χ2n) is 5.64. The van der Waals surface area contributed by atoms with Gasteiger partial charge in [-0.05, 0) is 24.1 Å². The summed E-state index contributed by atoms with van der Waals surface area (Å²) < 4.78 is 11.1.